The van der Waals surface area contributed by atoms with Gasteiger partial charge in [-0.1, -0.05) is 134 Å². The van der Waals surface area contributed by atoms with E-state index in [0.29, 0.717) is 12.1 Å². The molecule has 0 aliphatic carbocycles. The van der Waals surface area contributed by atoms with Crippen LogP contribution in [0.2, 0.25) is 0 Å². The molecule has 2 rings (SSSR count). The number of benzene rings is 1. The number of hydrogen-bond acceptors (Lipinski definition) is 4. The molecule has 6 nitrogen and oxygen atoms in total. The van der Waals surface area contributed by atoms with Gasteiger partial charge in [0.15, 0.2) is 15.2 Å². The van der Waals surface area contributed by atoms with Crippen molar-refractivity contribution in [2.45, 2.75) is 115 Å². The maximum absolute atomic E-state index is 12.5. The molecule has 0 bridgehead atoms. The van der Waals surface area contributed by atoms with Crippen LogP contribution in [0.4, 0.5) is 0 Å². The lowest BCUT2D eigenvalue weighted by atomic mass is 10.0. The van der Waals surface area contributed by atoms with Crippen molar-refractivity contribution in [1.82, 2.24) is 10.2 Å². The zero-order valence-electron chi connectivity index (χ0n) is 22.4. The number of hydrogen-bond donors (Lipinski definition) is 1. The highest BCUT2D eigenvalue weighted by molar-refractivity contribution is 7.92. The van der Waals surface area contributed by atoms with Crippen LogP contribution in [0.15, 0.2) is 30.3 Å². The van der Waals surface area contributed by atoms with Crippen LogP contribution in [0, 0.1) is 0 Å². The topological polar surface area (TPSA) is 83.6 Å². The van der Waals surface area contributed by atoms with E-state index in [1.54, 1.807) is 30.3 Å². The molecule has 0 radical (unpaired) electrons. The maximum atomic E-state index is 12.5. The zero-order chi connectivity index (χ0) is 26.1. The molecule has 1 atom stereocenters. The highest BCUT2D eigenvalue weighted by Gasteiger charge is 2.45. The first-order chi connectivity index (χ1) is 17.5. The van der Waals surface area contributed by atoms with Crippen molar-refractivity contribution in [1.29, 1.82) is 0 Å². The van der Waals surface area contributed by atoms with E-state index < -0.39 is 26.9 Å². The number of nitrogens with one attached hydrogen (secondary N) is 1. The van der Waals surface area contributed by atoms with Crippen molar-refractivity contribution in [2.24, 2.45) is 0 Å². The molecule has 1 aliphatic heterocycles. The minimum Gasteiger partial charge on any atom is -0.355 e. The molecule has 7 heteroatoms. The summed E-state index contributed by atoms with van der Waals surface area (Å²) in [7, 11) is -3.64. The van der Waals surface area contributed by atoms with Crippen LogP contribution in [0.3, 0.4) is 0 Å². The molecular weight excluding hydrogens is 472 g/mol. The summed E-state index contributed by atoms with van der Waals surface area (Å²) >= 11 is 0. The first-order valence-electron chi connectivity index (χ1n) is 14.3. The number of nitrogens with zero attached hydrogens (tertiary/aromatic N) is 1. The van der Waals surface area contributed by atoms with Crippen LogP contribution in [-0.2, 0) is 19.4 Å². The van der Waals surface area contributed by atoms with Gasteiger partial charge in [0.1, 0.15) is 12.3 Å². The van der Waals surface area contributed by atoms with Crippen molar-refractivity contribution in [2.75, 3.05) is 18.8 Å². The third kappa shape index (κ3) is 11.4. The summed E-state index contributed by atoms with van der Waals surface area (Å²) in [6.45, 7) is 2.60. The van der Waals surface area contributed by atoms with Gasteiger partial charge in [0.2, 0.25) is 11.8 Å². The molecule has 1 aromatic carbocycles. The molecule has 1 saturated heterocycles. The molecule has 2 amide bonds. The molecule has 1 aromatic rings. The van der Waals surface area contributed by atoms with E-state index in [9.17, 15) is 18.0 Å². The number of carbonyl (C=O) groups is 2. The van der Waals surface area contributed by atoms with Crippen molar-refractivity contribution >= 4 is 21.7 Å². The summed E-state index contributed by atoms with van der Waals surface area (Å²) in [5, 5.41) is 1.78. The summed E-state index contributed by atoms with van der Waals surface area (Å²) in [6, 6.07) is 8.64. The Balaban J connectivity index is 1.47. The Kier molecular flexibility index (Phi) is 14.8. The Hall–Kier alpha value is -1.89. The van der Waals surface area contributed by atoms with E-state index in [-0.39, 0.29) is 12.5 Å². The van der Waals surface area contributed by atoms with Crippen LogP contribution in [-0.4, -0.2) is 44.0 Å². The monoisotopic (exact) mass is 520 g/mol. The van der Waals surface area contributed by atoms with Crippen LogP contribution >= 0.6 is 0 Å². The van der Waals surface area contributed by atoms with E-state index in [1.807, 2.05) is 0 Å². The second kappa shape index (κ2) is 17.5. The highest BCUT2D eigenvalue weighted by Crippen LogP contribution is 2.33. The summed E-state index contributed by atoms with van der Waals surface area (Å²) < 4.78 is 25.0. The normalized spacial score (nSPS) is 17.0. The summed E-state index contributed by atoms with van der Waals surface area (Å²) in [5.74, 6) is -1.36. The Morgan fingerprint density at radius 3 is 1.78 bits per heavy atom. The number of carbonyl (C=O) groups excluding carboxylic acids is 2. The molecule has 0 spiro atoms. The van der Waals surface area contributed by atoms with Gasteiger partial charge in [-0.2, -0.15) is 0 Å². The number of rotatable bonds is 20. The van der Waals surface area contributed by atoms with E-state index in [4.69, 9.17) is 0 Å². The first kappa shape index (κ1) is 30.3. The van der Waals surface area contributed by atoms with E-state index in [2.05, 4.69) is 12.2 Å². The average Bonchev–Trinajstić information content (AvgIpc) is 3.08. The molecule has 0 aromatic heterocycles. The van der Waals surface area contributed by atoms with Gasteiger partial charge in [-0.3, -0.25) is 9.59 Å². The Bertz CT molecular complexity index is 857. The third-order valence-corrected chi connectivity index (χ3v) is 8.88. The first-order valence-corrected chi connectivity index (χ1v) is 16.0. The smallest absolute Gasteiger partial charge is 0.239 e. The lowest BCUT2D eigenvalue weighted by Gasteiger charge is -2.23. The quantitative estimate of drug-likeness (QED) is 0.204. The molecule has 1 aliphatic rings. The van der Waals surface area contributed by atoms with Crippen LogP contribution in [0.5, 0.6) is 0 Å². The fraction of sp³-hybridized carbons (Fsp3) is 0.724. The van der Waals surface area contributed by atoms with Crippen LogP contribution in [0.25, 0.3) is 0 Å². The van der Waals surface area contributed by atoms with Gasteiger partial charge >= 0.3 is 0 Å². The van der Waals surface area contributed by atoms with Gasteiger partial charge in [-0.25, -0.2) is 8.42 Å². The van der Waals surface area contributed by atoms with Crippen LogP contribution < -0.4 is 5.32 Å². The molecule has 1 heterocycles. The maximum Gasteiger partial charge on any atom is 0.239 e. The number of sulfone groups is 1. The summed E-state index contributed by atoms with van der Waals surface area (Å²) in [5.41, 5.74) is 0.522. The molecule has 0 saturated carbocycles. The molecule has 1 fully saturated rings. The molecular formula is C29H48N2O4S. The van der Waals surface area contributed by atoms with E-state index in [1.165, 1.54) is 94.8 Å². The van der Waals surface area contributed by atoms with Crippen molar-refractivity contribution < 1.29 is 18.0 Å². The van der Waals surface area contributed by atoms with E-state index >= 15 is 0 Å². The summed E-state index contributed by atoms with van der Waals surface area (Å²) in [6.07, 6.45) is 20.8. The van der Waals surface area contributed by atoms with Crippen molar-refractivity contribution in [3.63, 3.8) is 0 Å². The minimum absolute atomic E-state index is 0.226. The standard InChI is InChI=1S/C29H48N2O4S/c1-2-3-4-5-6-7-8-9-10-11-12-13-14-15-16-20-23-30-27(32)24-31-28(33)25-36(34,35)29(31)26-21-18-17-19-22-26/h17-19,21-22,29H,2-16,20,23-25H2,1H3,(H,30,32). The largest absolute Gasteiger partial charge is 0.355 e. The third-order valence-electron chi connectivity index (χ3n) is 7.02. The molecule has 1 unspecified atom stereocenters. The van der Waals surface area contributed by atoms with Gasteiger partial charge in [0.05, 0.1) is 0 Å². The predicted octanol–water partition coefficient (Wildman–Crippen LogP) is 6.32. The van der Waals surface area contributed by atoms with Gasteiger partial charge in [0, 0.05) is 6.54 Å². The van der Waals surface area contributed by atoms with Crippen LogP contribution in [0.1, 0.15) is 121 Å². The predicted molar refractivity (Wildman–Crippen MR) is 147 cm³/mol. The molecule has 204 valence electrons. The number of unbranched alkanes of at least 4 members (excludes halogenated alkanes) is 15. The molecule has 1 N–H and O–H groups in total. The average molecular weight is 521 g/mol. The Morgan fingerprint density at radius 1 is 0.806 bits per heavy atom. The highest BCUT2D eigenvalue weighted by atomic mass is 32.2. The van der Waals surface area contributed by atoms with Crippen molar-refractivity contribution in [3.8, 4) is 0 Å². The lowest BCUT2D eigenvalue weighted by molar-refractivity contribution is -0.133. The Morgan fingerprint density at radius 2 is 1.28 bits per heavy atom. The zero-order valence-corrected chi connectivity index (χ0v) is 23.2. The molecule has 36 heavy (non-hydrogen) atoms. The van der Waals surface area contributed by atoms with Gasteiger partial charge in [-0.05, 0) is 12.0 Å². The van der Waals surface area contributed by atoms with E-state index in [0.717, 1.165) is 12.8 Å². The van der Waals surface area contributed by atoms with Gasteiger partial charge < -0.3 is 10.2 Å². The Labute approximate surface area is 219 Å². The summed E-state index contributed by atoms with van der Waals surface area (Å²) in [4.78, 5) is 25.9. The lowest BCUT2D eigenvalue weighted by Crippen LogP contribution is -2.40. The SMILES string of the molecule is CCCCCCCCCCCCCCCCCCNC(=O)CN1C(=O)CS(=O)(=O)C1c1ccccc1. The number of amides is 2. The second-order valence-electron chi connectivity index (χ2n) is 10.2. The van der Waals surface area contributed by atoms with Gasteiger partial charge in [0.25, 0.3) is 0 Å². The fourth-order valence-electron chi connectivity index (χ4n) is 4.95. The van der Waals surface area contributed by atoms with Crippen molar-refractivity contribution in [3.05, 3.63) is 35.9 Å². The van der Waals surface area contributed by atoms with Gasteiger partial charge in [-0.15, -0.1) is 0 Å². The minimum atomic E-state index is -3.64. The second-order valence-corrected chi connectivity index (χ2v) is 12.3. The fourth-order valence-corrected chi connectivity index (χ4v) is 6.77.